The standard InChI is InChI=1S/C28H29Si.3ClH.Ti/c1-20-9-6-12-25(17-20)29(26-13-7-10-21(2)18-26,27-14-8-11-22(3)19-27)28-23(4)15-16-24(28)5;;;;/h6-14,17-19H,15H2,1-5H3;3*1H;/q-1;;;;. The molecule has 0 aromatic heterocycles. The van der Waals surface area contributed by atoms with Crippen LogP contribution in [0.4, 0.5) is 0 Å². The largest absolute Gasteiger partial charge is 0.269 e. The summed E-state index contributed by atoms with van der Waals surface area (Å²) in [5.74, 6) is 0. The molecular formula is C28H32Cl3SiTi-. The molecule has 0 saturated heterocycles. The minimum absolute atomic E-state index is 0. The third-order valence-corrected chi connectivity index (χ3v) is 11.2. The van der Waals surface area contributed by atoms with Crippen molar-refractivity contribution in [3.05, 3.63) is 112 Å². The van der Waals surface area contributed by atoms with Crippen molar-refractivity contribution < 1.29 is 21.7 Å². The third kappa shape index (κ3) is 5.96. The fourth-order valence-electron chi connectivity index (χ4n) is 4.93. The van der Waals surface area contributed by atoms with Crippen molar-refractivity contribution in [2.45, 2.75) is 41.0 Å². The van der Waals surface area contributed by atoms with Gasteiger partial charge in [-0.25, -0.2) is 5.57 Å². The Morgan fingerprint density at radius 2 is 0.970 bits per heavy atom. The first-order valence-electron chi connectivity index (χ1n) is 10.4. The second kappa shape index (κ2) is 13.1. The third-order valence-electron chi connectivity index (χ3n) is 6.15. The molecule has 1 aliphatic carbocycles. The second-order valence-corrected chi connectivity index (χ2v) is 12.2. The van der Waals surface area contributed by atoms with Gasteiger partial charge in [-0.2, -0.15) is 10.8 Å². The van der Waals surface area contributed by atoms with Gasteiger partial charge in [0.05, 0.1) is 8.07 Å². The van der Waals surface area contributed by atoms with Gasteiger partial charge in [0, 0.05) is 21.7 Å². The van der Waals surface area contributed by atoms with Gasteiger partial charge < -0.3 is 0 Å². The van der Waals surface area contributed by atoms with Crippen LogP contribution in [0.2, 0.25) is 0 Å². The molecule has 0 unspecified atom stereocenters. The summed E-state index contributed by atoms with van der Waals surface area (Å²) in [6, 6.07) is 27.6. The summed E-state index contributed by atoms with van der Waals surface area (Å²) in [7, 11) is -2.43. The van der Waals surface area contributed by atoms with Gasteiger partial charge in [-0.3, -0.25) is 6.08 Å². The van der Waals surface area contributed by atoms with Gasteiger partial charge in [-0.15, -0.1) is 43.6 Å². The van der Waals surface area contributed by atoms with Crippen molar-refractivity contribution in [1.29, 1.82) is 0 Å². The molecule has 0 saturated carbocycles. The minimum atomic E-state index is -2.43. The predicted octanol–water partition coefficient (Wildman–Crippen LogP) is 6.35. The van der Waals surface area contributed by atoms with E-state index in [1.165, 1.54) is 43.4 Å². The number of hydrogen-bond donors (Lipinski definition) is 0. The van der Waals surface area contributed by atoms with E-state index in [-0.39, 0.29) is 58.9 Å². The van der Waals surface area contributed by atoms with Gasteiger partial charge in [0.2, 0.25) is 0 Å². The Bertz CT molecular complexity index is 1040. The van der Waals surface area contributed by atoms with Gasteiger partial charge in [0.15, 0.2) is 0 Å². The van der Waals surface area contributed by atoms with Gasteiger partial charge in [-0.1, -0.05) is 119 Å². The monoisotopic (exact) mass is 549 g/mol. The topological polar surface area (TPSA) is 0 Å². The summed E-state index contributed by atoms with van der Waals surface area (Å²) in [5.41, 5.74) is 6.77. The van der Waals surface area contributed by atoms with Crippen molar-refractivity contribution >= 4 is 60.9 Å². The zero-order valence-corrected chi connectivity index (χ0v) is 24.9. The fraction of sp³-hybridized carbons (Fsp3) is 0.214. The van der Waals surface area contributed by atoms with Crippen molar-refractivity contribution in [2.24, 2.45) is 0 Å². The zero-order chi connectivity index (χ0) is 20.6. The maximum Gasteiger partial charge on any atom is 0.0996 e. The molecule has 0 amide bonds. The van der Waals surface area contributed by atoms with E-state index in [0.717, 1.165) is 6.42 Å². The molecular weight excluding hydrogens is 519 g/mol. The van der Waals surface area contributed by atoms with E-state index in [2.05, 4.69) is 113 Å². The SMILES string of the molecule is CC1=[C-]CC(C)=C1[Si](c1cccc(C)c1)(c1cccc(C)c1)c1cccc(C)c1.Cl.Cl.Cl.[Ti]. The molecule has 0 heterocycles. The molecule has 0 bridgehead atoms. The molecule has 3 aromatic rings. The molecule has 0 spiro atoms. The first-order valence-corrected chi connectivity index (χ1v) is 12.4. The van der Waals surface area contributed by atoms with Gasteiger partial charge >= 0.3 is 0 Å². The second-order valence-electron chi connectivity index (χ2n) is 8.49. The van der Waals surface area contributed by atoms with Crippen LogP contribution in [0.15, 0.2) is 89.1 Å². The van der Waals surface area contributed by atoms with Gasteiger partial charge in [0.1, 0.15) is 0 Å². The fourth-order valence-corrected chi connectivity index (χ4v) is 10.5. The van der Waals surface area contributed by atoms with Crippen LogP contribution in [0.1, 0.15) is 37.0 Å². The number of allylic oxidation sites excluding steroid dienone is 4. The van der Waals surface area contributed by atoms with Crippen LogP contribution < -0.4 is 15.6 Å². The summed E-state index contributed by atoms with van der Waals surface area (Å²) in [4.78, 5) is 0. The van der Waals surface area contributed by atoms with E-state index in [1.54, 1.807) is 5.20 Å². The average molecular weight is 551 g/mol. The van der Waals surface area contributed by atoms with Crippen LogP contribution in [0.25, 0.3) is 0 Å². The molecule has 33 heavy (non-hydrogen) atoms. The Morgan fingerprint density at radius 1 is 0.606 bits per heavy atom. The first-order chi connectivity index (χ1) is 13.9. The summed E-state index contributed by atoms with van der Waals surface area (Å²) in [5, 5.41) is 5.93. The maximum atomic E-state index is 3.66. The molecule has 4 rings (SSSR count). The Morgan fingerprint density at radius 3 is 1.24 bits per heavy atom. The molecule has 0 N–H and O–H groups in total. The Hall–Kier alpha value is -1.06. The van der Waals surface area contributed by atoms with E-state index >= 15 is 0 Å². The summed E-state index contributed by atoms with van der Waals surface area (Å²) >= 11 is 0. The Labute approximate surface area is 234 Å². The van der Waals surface area contributed by atoms with Crippen LogP contribution in [-0.2, 0) is 21.7 Å². The van der Waals surface area contributed by atoms with E-state index in [1.807, 2.05) is 0 Å². The number of halogens is 3. The molecule has 0 atom stereocenters. The number of hydrogen-bond acceptors (Lipinski definition) is 0. The average Bonchev–Trinajstić information content (AvgIpc) is 3.02. The van der Waals surface area contributed by atoms with E-state index in [0.29, 0.717) is 0 Å². The first kappa shape index (κ1) is 31.9. The molecule has 3 aromatic carbocycles. The number of rotatable bonds is 4. The minimum Gasteiger partial charge on any atom is -0.269 e. The molecule has 5 heteroatoms. The molecule has 0 aliphatic heterocycles. The molecule has 0 nitrogen and oxygen atoms in total. The zero-order valence-electron chi connectivity index (χ0n) is 19.9. The molecule has 1 aliphatic rings. The van der Waals surface area contributed by atoms with Crippen molar-refractivity contribution in [3.63, 3.8) is 0 Å². The Kier molecular flexibility index (Phi) is 12.7. The maximum absolute atomic E-state index is 3.66. The number of aryl methyl sites for hydroxylation is 3. The van der Waals surface area contributed by atoms with E-state index in [9.17, 15) is 0 Å². The summed E-state index contributed by atoms with van der Waals surface area (Å²) < 4.78 is 0. The summed E-state index contributed by atoms with van der Waals surface area (Å²) in [6.45, 7) is 11.2. The van der Waals surface area contributed by atoms with Gasteiger partial charge in [0.25, 0.3) is 0 Å². The molecule has 0 fully saturated rings. The molecule has 0 radical (unpaired) electrons. The van der Waals surface area contributed by atoms with Crippen molar-refractivity contribution in [1.82, 2.24) is 0 Å². The van der Waals surface area contributed by atoms with Crippen LogP contribution in [-0.4, -0.2) is 8.07 Å². The molecule has 174 valence electrons. The van der Waals surface area contributed by atoms with Crippen molar-refractivity contribution in [2.75, 3.05) is 0 Å². The quantitative estimate of drug-likeness (QED) is 0.202. The number of benzene rings is 3. The van der Waals surface area contributed by atoms with Gasteiger partial charge in [-0.05, 0) is 20.8 Å². The summed E-state index contributed by atoms with van der Waals surface area (Å²) in [6.07, 6.45) is 4.60. The van der Waals surface area contributed by atoms with Crippen LogP contribution in [0.3, 0.4) is 0 Å². The van der Waals surface area contributed by atoms with Crippen LogP contribution >= 0.6 is 37.2 Å². The van der Waals surface area contributed by atoms with Crippen LogP contribution in [0, 0.1) is 26.8 Å². The Balaban J connectivity index is 0.00000256. The van der Waals surface area contributed by atoms with Crippen molar-refractivity contribution in [3.8, 4) is 0 Å². The van der Waals surface area contributed by atoms with Crippen LogP contribution in [0.5, 0.6) is 0 Å². The van der Waals surface area contributed by atoms with E-state index in [4.69, 9.17) is 0 Å². The smallest absolute Gasteiger partial charge is 0.0996 e. The normalized spacial score (nSPS) is 12.6. The predicted molar refractivity (Wildman–Crippen MR) is 150 cm³/mol. The van der Waals surface area contributed by atoms with E-state index < -0.39 is 8.07 Å².